The second-order valence-corrected chi connectivity index (χ2v) is 6.59. The molecule has 3 N–H and O–H groups in total. The van der Waals surface area contributed by atoms with Gasteiger partial charge in [-0.15, -0.1) is 22.7 Å². The molecule has 0 saturated heterocycles. The predicted octanol–water partition coefficient (Wildman–Crippen LogP) is 2.96. The molecule has 2 aromatic rings. The fraction of sp³-hybridized carbons (Fsp3) is 0.273. The van der Waals surface area contributed by atoms with Gasteiger partial charge in [-0.25, -0.2) is 13.8 Å². The van der Waals surface area contributed by atoms with Crippen molar-refractivity contribution in [2.24, 2.45) is 5.73 Å². The van der Waals surface area contributed by atoms with Crippen LogP contribution in [-0.4, -0.2) is 29.9 Å². The van der Waals surface area contributed by atoms with Crippen molar-refractivity contribution in [2.75, 3.05) is 13.1 Å². The van der Waals surface area contributed by atoms with Crippen LogP contribution in [0.3, 0.4) is 0 Å². The number of nitrogens with two attached hydrogens (primary N) is 1. The Hall–Kier alpha value is -0.900. The lowest BCUT2D eigenvalue weighted by Gasteiger charge is -2.13. The maximum atomic E-state index is 12.9. The average molecular weight is 382 g/mol. The summed E-state index contributed by atoms with van der Waals surface area (Å²) in [5.74, 6) is -3.73. The molecule has 0 atom stereocenters. The highest BCUT2D eigenvalue weighted by atomic mass is 79.9. The summed E-state index contributed by atoms with van der Waals surface area (Å²) in [6, 6.07) is 1.88. The van der Waals surface area contributed by atoms with Gasteiger partial charge in [0.1, 0.15) is 10.7 Å². The molecule has 108 valence electrons. The standard InChI is InChI=1S/C11H10BrF2N3OS2/c12-6-1-8(19-2-6)10-17-7(3-20-10)9(18)16-5-11(13,14)4-15/h1-3H,4-5,15H2,(H,16,18). The molecule has 0 radical (unpaired) electrons. The zero-order valence-electron chi connectivity index (χ0n) is 10.0. The van der Waals surface area contributed by atoms with Gasteiger partial charge >= 0.3 is 0 Å². The van der Waals surface area contributed by atoms with Crippen molar-refractivity contribution >= 4 is 44.5 Å². The lowest BCUT2D eigenvalue weighted by molar-refractivity contribution is 0.0118. The number of carbonyl (C=O) groups is 1. The van der Waals surface area contributed by atoms with E-state index in [-0.39, 0.29) is 5.69 Å². The van der Waals surface area contributed by atoms with Crippen LogP contribution in [0.2, 0.25) is 0 Å². The lowest BCUT2D eigenvalue weighted by atomic mass is 10.3. The number of carbonyl (C=O) groups excluding carboxylic acids is 1. The van der Waals surface area contributed by atoms with Crippen LogP contribution in [0.15, 0.2) is 21.3 Å². The molecule has 0 aliphatic carbocycles. The molecule has 0 bridgehead atoms. The van der Waals surface area contributed by atoms with E-state index in [2.05, 4.69) is 26.2 Å². The Morgan fingerprint density at radius 1 is 1.45 bits per heavy atom. The summed E-state index contributed by atoms with van der Waals surface area (Å²) in [5.41, 5.74) is 5.02. The summed E-state index contributed by atoms with van der Waals surface area (Å²) < 4.78 is 26.8. The molecule has 2 heterocycles. The number of nitrogens with zero attached hydrogens (tertiary/aromatic N) is 1. The zero-order valence-corrected chi connectivity index (χ0v) is 13.2. The monoisotopic (exact) mass is 381 g/mol. The summed E-state index contributed by atoms with van der Waals surface area (Å²) in [7, 11) is 0. The number of aromatic nitrogens is 1. The Balaban J connectivity index is 2.03. The van der Waals surface area contributed by atoms with Crippen molar-refractivity contribution < 1.29 is 13.6 Å². The zero-order chi connectivity index (χ0) is 14.8. The SMILES string of the molecule is NCC(F)(F)CNC(=O)c1csc(-c2cc(Br)cs2)n1. The first-order chi connectivity index (χ1) is 9.41. The van der Waals surface area contributed by atoms with Crippen LogP contribution in [0, 0.1) is 0 Å². The summed E-state index contributed by atoms with van der Waals surface area (Å²) in [6.07, 6.45) is 0. The maximum absolute atomic E-state index is 12.9. The van der Waals surface area contributed by atoms with Crippen LogP contribution in [0.1, 0.15) is 10.5 Å². The first-order valence-corrected chi connectivity index (χ1v) is 8.02. The summed E-state index contributed by atoms with van der Waals surface area (Å²) in [4.78, 5) is 16.8. The van der Waals surface area contributed by atoms with Crippen molar-refractivity contribution in [1.82, 2.24) is 10.3 Å². The Labute approximate surface area is 130 Å². The molecule has 0 aliphatic heterocycles. The first kappa shape index (κ1) is 15.5. The van der Waals surface area contributed by atoms with Gasteiger partial charge in [-0.3, -0.25) is 4.79 Å². The smallest absolute Gasteiger partial charge is 0.277 e. The van der Waals surface area contributed by atoms with E-state index in [1.807, 2.05) is 11.4 Å². The van der Waals surface area contributed by atoms with Crippen molar-refractivity contribution in [3.8, 4) is 9.88 Å². The molecule has 4 nitrogen and oxygen atoms in total. The summed E-state index contributed by atoms with van der Waals surface area (Å²) in [5, 5.41) is 6.25. The van der Waals surface area contributed by atoms with Crippen molar-refractivity contribution in [3.05, 3.63) is 27.0 Å². The van der Waals surface area contributed by atoms with Crippen molar-refractivity contribution in [3.63, 3.8) is 0 Å². The molecule has 0 saturated carbocycles. The highest BCUT2D eigenvalue weighted by Gasteiger charge is 2.27. The molecule has 20 heavy (non-hydrogen) atoms. The Morgan fingerprint density at radius 2 is 2.20 bits per heavy atom. The number of halogens is 3. The van der Waals surface area contributed by atoms with Crippen molar-refractivity contribution in [1.29, 1.82) is 0 Å². The normalized spacial score (nSPS) is 11.6. The van der Waals surface area contributed by atoms with Crippen LogP contribution in [-0.2, 0) is 0 Å². The fourth-order valence-electron chi connectivity index (χ4n) is 1.29. The molecule has 2 aromatic heterocycles. The van der Waals surface area contributed by atoms with E-state index in [4.69, 9.17) is 5.73 Å². The van der Waals surface area contributed by atoms with E-state index in [1.54, 1.807) is 5.38 Å². The van der Waals surface area contributed by atoms with E-state index >= 15 is 0 Å². The fourth-order valence-corrected chi connectivity index (χ4v) is 3.60. The second kappa shape index (κ2) is 6.25. The van der Waals surface area contributed by atoms with Crippen LogP contribution < -0.4 is 11.1 Å². The Kier molecular flexibility index (Phi) is 4.84. The Bertz CT molecular complexity index is 614. The third-order valence-corrected chi connectivity index (χ3v) is 5.02. The largest absolute Gasteiger partial charge is 0.345 e. The molecular formula is C11H10BrF2N3OS2. The third kappa shape index (κ3) is 3.81. The molecular weight excluding hydrogens is 372 g/mol. The highest BCUT2D eigenvalue weighted by molar-refractivity contribution is 9.10. The quantitative estimate of drug-likeness (QED) is 0.836. The van der Waals surface area contributed by atoms with Crippen LogP contribution in [0.5, 0.6) is 0 Å². The minimum atomic E-state index is -3.10. The van der Waals surface area contributed by atoms with Gasteiger partial charge in [-0.1, -0.05) is 0 Å². The van der Waals surface area contributed by atoms with Gasteiger partial charge in [0.2, 0.25) is 0 Å². The van der Waals surface area contributed by atoms with Gasteiger partial charge in [0.05, 0.1) is 18.0 Å². The molecule has 1 amide bonds. The molecule has 2 rings (SSSR count). The number of hydrogen-bond acceptors (Lipinski definition) is 5. The number of rotatable bonds is 5. The number of nitrogens with one attached hydrogen (secondary N) is 1. The van der Waals surface area contributed by atoms with E-state index in [1.165, 1.54) is 22.7 Å². The van der Waals surface area contributed by atoms with Crippen LogP contribution in [0.4, 0.5) is 8.78 Å². The van der Waals surface area contributed by atoms with E-state index in [0.29, 0.717) is 5.01 Å². The minimum absolute atomic E-state index is 0.127. The van der Waals surface area contributed by atoms with E-state index in [0.717, 1.165) is 9.35 Å². The molecule has 0 unspecified atom stereocenters. The molecule has 0 aromatic carbocycles. The summed E-state index contributed by atoms with van der Waals surface area (Å²) in [6.45, 7) is -1.60. The summed E-state index contributed by atoms with van der Waals surface area (Å²) >= 11 is 6.10. The first-order valence-electron chi connectivity index (χ1n) is 5.47. The van der Waals surface area contributed by atoms with E-state index < -0.39 is 24.9 Å². The number of alkyl halides is 2. The topological polar surface area (TPSA) is 68.0 Å². The van der Waals surface area contributed by atoms with Gasteiger partial charge in [0.25, 0.3) is 11.8 Å². The second-order valence-electron chi connectivity index (χ2n) is 3.91. The van der Waals surface area contributed by atoms with E-state index in [9.17, 15) is 13.6 Å². The predicted molar refractivity (Wildman–Crippen MR) is 79.5 cm³/mol. The maximum Gasteiger partial charge on any atom is 0.277 e. The molecule has 0 fully saturated rings. The van der Waals surface area contributed by atoms with Gasteiger partial charge in [0.15, 0.2) is 0 Å². The van der Waals surface area contributed by atoms with Gasteiger partial charge in [-0.2, -0.15) is 0 Å². The molecule has 0 spiro atoms. The number of thiophene rings is 1. The third-order valence-electron chi connectivity index (χ3n) is 2.32. The van der Waals surface area contributed by atoms with Gasteiger partial charge in [-0.05, 0) is 22.0 Å². The Morgan fingerprint density at radius 3 is 2.80 bits per heavy atom. The van der Waals surface area contributed by atoms with Crippen molar-refractivity contribution in [2.45, 2.75) is 5.92 Å². The number of amides is 1. The number of thiazole rings is 1. The van der Waals surface area contributed by atoms with Crippen LogP contribution in [0.25, 0.3) is 9.88 Å². The average Bonchev–Trinajstić information content (AvgIpc) is 3.04. The van der Waals surface area contributed by atoms with Crippen LogP contribution >= 0.6 is 38.6 Å². The molecule has 0 aliphatic rings. The minimum Gasteiger partial charge on any atom is -0.345 e. The lowest BCUT2D eigenvalue weighted by Crippen LogP contribution is -2.41. The number of hydrogen-bond donors (Lipinski definition) is 2. The van der Waals surface area contributed by atoms with Gasteiger partial charge in [0, 0.05) is 15.2 Å². The highest BCUT2D eigenvalue weighted by Crippen LogP contribution is 2.31. The van der Waals surface area contributed by atoms with Gasteiger partial charge < -0.3 is 11.1 Å². The molecule has 9 heteroatoms.